The summed E-state index contributed by atoms with van der Waals surface area (Å²) < 4.78 is 38.6. The van der Waals surface area contributed by atoms with E-state index in [1.54, 1.807) is 24.3 Å². The van der Waals surface area contributed by atoms with Gasteiger partial charge in [-0.2, -0.15) is 4.31 Å². The zero-order valence-corrected chi connectivity index (χ0v) is 21.4. The first kappa shape index (κ1) is 27.2. The topological polar surface area (TPSA) is 131 Å². The molecule has 0 radical (unpaired) electrons. The predicted octanol–water partition coefficient (Wildman–Crippen LogP) is 3.40. The summed E-state index contributed by atoms with van der Waals surface area (Å²) in [5, 5.41) is 5.25. The van der Waals surface area contributed by atoms with Crippen LogP contribution in [0, 0.1) is 0 Å². The van der Waals surface area contributed by atoms with Gasteiger partial charge in [0.15, 0.2) is 6.10 Å². The SMILES string of the molecule is COc1ccc(C(=O)OC(C)C(=O)Nc2ccc(NC(C)=O)cc2)cc1S(=O)(=O)N1CCCCCC1. The summed E-state index contributed by atoms with van der Waals surface area (Å²) in [5.74, 6) is -1.49. The van der Waals surface area contributed by atoms with Crippen LogP contribution in [0.15, 0.2) is 47.4 Å². The largest absolute Gasteiger partial charge is 0.495 e. The smallest absolute Gasteiger partial charge is 0.338 e. The Hall–Kier alpha value is -3.44. The van der Waals surface area contributed by atoms with Crippen LogP contribution in [0.3, 0.4) is 0 Å². The molecule has 2 N–H and O–H groups in total. The van der Waals surface area contributed by atoms with Crippen molar-refractivity contribution in [2.45, 2.75) is 50.5 Å². The van der Waals surface area contributed by atoms with Gasteiger partial charge in [-0.1, -0.05) is 12.8 Å². The van der Waals surface area contributed by atoms with Crippen molar-refractivity contribution in [3.05, 3.63) is 48.0 Å². The van der Waals surface area contributed by atoms with E-state index in [1.807, 2.05) is 0 Å². The molecular formula is C25H31N3O7S. The average molecular weight is 518 g/mol. The second-order valence-corrected chi connectivity index (χ2v) is 10.4. The minimum absolute atomic E-state index is 0.0106. The fraction of sp³-hybridized carbons (Fsp3) is 0.400. The fourth-order valence-electron chi connectivity index (χ4n) is 3.79. The molecule has 1 heterocycles. The third-order valence-corrected chi connectivity index (χ3v) is 7.63. The first-order valence-electron chi connectivity index (χ1n) is 11.7. The van der Waals surface area contributed by atoms with Gasteiger partial charge in [0.05, 0.1) is 12.7 Å². The van der Waals surface area contributed by atoms with Crippen molar-refractivity contribution in [3.8, 4) is 5.75 Å². The molecular weight excluding hydrogens is 486 g/mol. The summed E-state index contributed by atoms with van der Waals surface area (Å²) in [4.78, 5) is 36.3. The molecule has 1 aliphatic rings. The lowest BCUT2D eigenvalue weighted by molar-refractivity contribution is -0.123. The third kappa shape index (κ3) is 6.82. The number of nitrogens with zero attached hydrogens (tertiary/aromatic N) is 1. The van der Waals surface area contributed by atoms with E-state index in [9.17, 15) is 22.8 Å². The van der Waals surface area contributed by atoms with Gasteiger partial charge in [0, 0.05) is 31.4 Å². The molecule has 10 nitrogen and oxygen atoms in total. The maximum Gasteiger partial charge on any atom is 0.338 e. The molecule has 2 aromatic carbocycles. The highest BCUT2D eigenvalue weighted by Crippen LogP contribution is 2.30. The summed E-state index contributed by atoms with van der Waals surface area (Å²) in [6.07, 6.45) is 2.32. The van der Waals surface area contributed by atoms with Gasteiger partial charge in [-0.05, 0) is 62.2 Å². The second kappa shape index (κ2) is 12.0. The van der Waals surface area contributed by atoms with Gasteiger partial charge >= 0.3 is 5.97 Å². The van der Waals surface area contributed by atoms with Gasteiger partial charge in [-0.15, -0.1) is 0 Å². The Balaban J connectivity index is 1.71. The second-order valence-electron chi connectivity index (χ2n) is 8.48. The van der Waals surface area contributed by atoms with E-state index in [0.29, 0.717) is 24.5 Å². The van der Waals surface area contributed by atoms with Gasteiger partial charge in [-0.25, -0.2) is 13.2 Å². The summed E-state index contributed by atoms with van der Waals surface area (Å²) in [5.41, 5.74) is 1.01. The lowest BCUT2D eigenvalue weighted by Gasteiger charge is -2.21. The average Bonchev–Trinajstić information content (AvgIpc) is 3.14. The van der Waals surface area contributed by atoms with Crippen LogP contribution in [0.25, 0.3) is 0 Å². The number of carbonyl (C=O) groups excluding carboxylic acids is 3. The number of anilines is 2. The highest BCUT2D eigenvalue weighted by Gasteiger charge is 2.30. The Kier molecular flexibility index (Phi) is 9.05. The number of sulfonamides is 1. The van der Waals surface area contributed by atoms with Gasteiger partial charge in [0.1, 0.15) is 10.6 Å². The van der Waals surface area contributed by atoms with Crippen LogP contribution >= 0.6 is 0 Å². The minimum Gasteiger partial charge on any atom is -0.495 e. The fourth-order valence-corrected chi connectivity index (χ4v) is 5.49. The molecule has 2 amide bonds. The molecule has 1 saturated heterocycles. The zero-order valence-electron chi connectivity index (χ0n) is 20.6. The molecule has 1 fully saturated rings. The molecule has 194 valence electrons. The summed E-state index contributed by atoms with van der Waals surface area (Å²) in [7, 11) is -2.52. The van der Waals surface area contributed by atoms with E-state index in [4.69, 9.17) is 9.47 Å². The number of carbonyl (C=O) groups is 3. The van der Waals surface area contributed by atoms with Crippen molar-refractivity contribution in [2.24, 2.45) is 0 Å². The summed E-state index contributed by atoms with van der Waals surface area (Å²) in [6.45, 7) is 3.62. The van der Waals surface area contributed by atoms with Crippen LogP contribution in [-0.4, -0.2) is 56.8 Å². The number of hydrogen-bond acceptors (Lipinski definition) is 7. The van der Waals surface area contributed by atoms with Crippen molar-refractivity contribution in [3.63, 3.8) is 0 Å². The standard InChI is InChI=1S/C25H31N3O7S/c1-17(24(30)27-21-11-9-20(10-12-21)26-18(2)29)35-25(31)19-8-13-22(34-3)23(16-19)36(32,33)28-14-6-4-5-7-15-28/h8-13,16-17H,4-7,14-15H2,1-3H3,(H,26,29)(H,27,30). The van der Waals surface area contributed by atoms with E-state index in [1.165, 1.54) is 43.5 Å². The van der Waals surface area contributed by atoms with Gasteiger partial charge < -0.3 is 20.1 Å². The number of methoxy groups -OCH3 is 1. The van der Waals surface area contributed by atoms with E-state index in [2.05, 4.69) is 10.6 Å². The van der Waals surface area contributed by atoms with Gasteiger partial charge in [-0.3, -0.25) is 9.59 Å². The number of amides is 2. The lowest BCUT2D eigenvalue weighted by atomic mass is 10.2. The molecule has 1 atom stereocenters. The number of ether oxygens (including phenoxy) is 2. The first-order chi connectivity index (χ1) is 17.1. The van der Waals surface area contributed by atoms with Gasteiger partial charge in [0.25, 0.3) is 5.91 Å². The van der Waals surface area contributed by atoms with Crippen LogP contribution in [0.2, 0.25) is 0 Å². The normalized spacial score (nSPS) is 15.3. The Morgan fingerprint density at radius 3 is 2.06 bits per heavy atom. The van der Waals surface area contributed by atoms with Crippen LogP contribution in [0.4, 0.5) is 11.4 Å². The molecule has 0 aromatic heterocycles. The Morgan fingerprint density at radius 2 is 1.50 bits per heavy atom. The van der Waals surface area contributed by atoms with E-state index >= 15 is 0 Å². The molecule has 1 aliphatic heterocycles. The highest BCUT2D eigenvalue weighted by molar-refractivity contribution is 7.89. The number of hydrogen-bond donors (Lipinski definition) is 2. The molecule has 11 heteroatoms. The highest BCUT2D eigenvalue weighted by atomic mass is 32.2. The number of benzene rings is 2. The predicted molar refractivity (Wildman–Crippen MR) is 134 cm³/mol. The third-order valence-electron chi connectivity index (χ3n) is 5.71. The monoisotopic (exact) mass is 517 g/mol. The number of nitrogens with one attached hydrogen (secondary N) is 2. The quantitative estimate of drug-likeness (QED) is 0.513. The minimum atomic E-state index is -3.89. The van der Waals surface area contributed by atoms with E-state index < -0.39 is 28.0 Å². The maximum atomic E-state index is 13.3. The Labute approximate surface area is 211 Å². The van der Waals surface area contributed by atoms with Crippen LogP contribution in [0.5, 0.6) is 5.75 Å². The molecule has 2 aromatic rings. The number of rotatable bonds is 8. The lowest BCUT2D eigenvalue weighted by Crippen LogP contribution is -2.32. The molecule has 0 aliphatic carbocycles. The zero-order chi connectivity index (χ0) is 26.3. The van der Waals surface area contributed by atoms with Crippen molar-refractivity contribution in [2.75, 3.05) is 30.8 Å². The summed E-state index contributed by atoms with van der Waals surface area (Å²) >= 11 is 0. The first-order valence-corrected chi connectivity index (χ1v) is 13.1. The van der Waals surface area contributed by atoms with Crippen molar-refractivity contribution >= 4 is 39.2 Å². The van der Waals surface area contributed by atoms with E-state index in [0.717, 1.165) is 25.7 Å². The Bertz CT molecular complexity index is 1200. The molecule has 3 rings (SSSR count). The molecule has 0 spiro atoms. The van der Waals surface area contributed by atoms with Crippen molar-refractivity contribution in [1.29, 1.82) is 0 Å². The molecule has 1 unspecified atom stereocenters. The van der Waals surface area contributed by atoms with Crippen molar-refractivity contribution < 1.29 is 32.3 Å². The molecule has 0 saturated carbocycles. The van der Waals surface area contributed by atoms with E-state index in [-0.39, 0.29) is 22.1 Å². The van der Waals surface area contributed by atoms with Crippen molar-refractivity contribution in [1.82, 2.24) is 4.31 Å². The molecule has 36 heavy (non-hydrogen) atoms. The number of esters is 1. The molecule has 0 bridgehead atoms. The van der Waals surface area contributed by atoms with Crippen LogP contribution < -0.4 is 15.4 Å². The van der Waals surface area contributed by atoms with Crippen LogP contribution in [0.1, 0.15) is 49.9 Å². The maximum absolute atomic E-state index is 13.3. The summed E-state index contributed by atoms with van der Waals surface area (Å²) in [6, 6.07) is 10.5. The van der Waals surface area contributed by atoms with Crippen LogP contribution in [-0.2, 0) is 24.3 Å². The van der Waals surface area contributed by atoms with Gasteiger partial charge in [0.2, 0.25) is 15.9 Å². The Morgan fingerprint density at radius 1 is 0.917 bits per heavy atom.